The first kappa shape index (κ1) is 17.1. The second-order valence-electron chi connectivity index (χ2n) is 4.74. The number of halogens is 1. The molecule has 116 valence electrons. The molecule has 0 atom stereocenters. The number of carbonyl (C=O) groups excluding carboxylic acids is 1. The molecule has 0 aliphatic heterocycles. The highest BCUT2D eigenvalue weighted by atomic mass is 19.1. The smallest absolute Gasteiger partial charge is 0.304 e. The number of carboxylic acids is 1. The van der Waals surface area contributed by atoms with E-state index in [1.807, 2.05) is 6.92 Å². The van der Waals surface area contributed by atoms with Gasteiger partial charge in [-0.1, -0.05) is 19.1 Å². The first-order valence-corrected chi connectivity index (χ1v) is 6.96. The third-order valence-corrected chi connectivity index (χ3v) is 3.11. The minimum Gasteiger partial charge on any atom is -0.481 e. The standard InChI is InChI=1S/C15H21FN2O3/c1-2-18(10-8-15(20)21)11-14(19)17-9-7-12-3-5-13(16)6-4-12/h3-6H,2,7-11H2,1H3,(H,17,19)(H,20,21). The van der Waals surface area contributed by atoms with Crippen LogP contribution in [0.15, 0.2) is 24.3 Å². The van der Waals surface area contributed by atoms with Crippen molar-refractivity contribution in [3.05, 3.63) is 35.6 Å². The number of carbonyl (C=O) groups is 2. The molecule has 0 bridgehead atoms. The largest absolute Gasteiger partial charge is 0.481 e. The minimum absolute atomic E-state index is 0.0245. The lowest BCUT2D eigenvalue weighted by Gasteiger charge is -2.18. The van der Waals surface area contributed by atoms with Crippen LogP contribution in [-0.4, -0.2) is 48.1 Å². The number of amides is 1. The van der Waals surface area contributed by atoms with Crippen molar-refractivity contribution in [1.82, 2.24) is 10.2 Å². The Bertz CT molecular complexity index is 462. The number of likely N-dealkylation sites (N-methyl/N-ethyl adjacent to an activating group) is 1. The molecule has 2 N–H and O–H groups in total. The summed E-state index contributed by atoms with van der Waals surface area (Å²) in [6.07, 6.45) is 0.657. The molecular formula is C15H21FN2O3. The van der Waals surface area contributed by atoms with Crippen LogP contribution in [0.25, 0.3) is 0 Å². The van der Waals surface area contributed by atoms with Crippen LogP contribution in [0.2, 0.25) is 0 Å². The predicted octanol–water partition coefficient (Wildman–Crippen LogP) is 1.28. The second kappa shape index (κ2) is 9.07. The van der Waals surface area contributed by atoms with Crippen LogP contribution in [0.4, 0.5) is 4.39 Å². The molecule has 1 aromatic rings. The summed E-state index contributed by atoms with van der Waals surface area (Å²) in [5.41, 5.74) is 0.954. The van der Waals surface area contributed by atoms with Crippen LogP contribution in [-0.2, 0) is 16.0 Å². The lowest BCUT2D eigenvalue weighted by Crippen LogP contribution is -2.38. The Morgan fingerprint density at radius 3 is 2.52 bits per heavy atom. The molecule has 21 heavy (non-hydrogen) atoms. The molecule has 1 rings (SSSR count). The summed E-state index contributed by atoms with van der Waals surface area (Å²) in [4.78, 5) is 24.0. The van der Waals surface area contributed by atoms with Gasteiger partial charge in [-0.05, 0) is 30.7 Å². The second-order valence-corrected chi connectivity index (χ2v) is 4.74. The number of rotatable bonds is 9. The summed E-state index contributed by atoms with van der Waals surface area (Å²) in [5, 5.41) is 11.4. The van der Waals surface area contributed by atoms with E-state index in [1.165, 1.54) is 12.1 Å². The van der Waals surface area contributed by atoms with Gasteiger partial charge in [0.1, 0.15) is 5.82 Å². The molecule has 0 saturated carbocycles. The maximum Gasteiger partial charge on any atom is 0.304 e. The lowest BCUT2D eigenvalue weighted by atomic mass is 10.1. The molecular weight excluding hydrogens is 275 g/mol. The fourth-order valence-corrected chi connectivity index (χ4v) is 1.86. The number of aliphatic carboxylic acids is 1. The summed E-state index contributed by atoms with van der Waals surface area (Å²) in [7, 11) is 0. The Labute approximate surface area is 123 Å². The Kier molecular flexibility index (Phi) is 7.39. The van der Waals surface area contributed by atoms with Crippen LogP contribution in [0.1, 0.15) is 18.9 Å². The molecule has 0 aromatic heterocycles. The molecule has 5 nitrogen and oxygen atoms in total. The summed E-state index contributed by atoms with van der Waals surface area (Å²) in [5.74, 6) is -1.28. The Hall–Kier alpha value is -1.95. The van der Waals surface area contributed by atoms with E-state index < -0.39 is 5.97 Å². The van der Waals surface area contributed by atoms with E-state index in [-0.39, 0.29) is 24.7 Å². The van der Waals surface area contributed by atoms with Gasteiger partial charge in [0.15, 0.2) is 0 Å². The highest BCUT2D eigenvalue weighted by molar-refractivity contribution is 5.78. The van der Waals surface area contributed by atoms with Gasteiger partial charge in [0, 0.05) is 13.1 Å². The fraction of sp³-hybridized carbons (Fsp3) is 0.467. The SMILES string of the molecule is CCN(CCC(=O)O)CC(=O)NCCc1ccc(F)cc1. The fourth-order valence-electron chi connectivity index (χ4n) is 1.86. The van der Waals surface area contributed by atoms with Gasteiger partial charge in [0.2, 0.25) is 5.91 Å². The number of benzene rings is 1. The molecule has 1 aromatic carbocycles. The Balaban J connectivity index is 2.26. The maximum absolute atomic E-state index is 12.7. The summed E-state index contributed by atoms with van der Waals surface area (Å²) in [6.45, 7) is 3.53. The average Bonchev–Trinajstić information content (AvgIpc) is 2.45. The van der Waals surface area contributed by atoms with Crippen molar-refractivity contribution in [3.63, 3.8) is 0 Å². The summed E-state index contributed by atoms with van der Waals surface area (Å²) < 4.78 is 12.7. The molecule has 0 heterocycles. The zero-order valence-corrected chi connectivity index (χ0v) is 12.1. The first-order chi connectivity index (χ1) is 10.0. The van der Waals surface area contributed by atoms with Crippen LogP contribution < -0.4 is 5.32 Å². The van der Waals surface area contributed by atoms with Crippen molar-refractivity contribution in [3.8, 4) is 0 Å². The van der Waals surface area contributed by atoms with Gasteiger partial charge in [0.05, 0.1) is 13.0 Å². The quantitative estimate of drug-likeness (QED) is 0.720. The Morgan fingerprint density at radius 1 is 1.29 bits per heavy atom. The average molecular weight is 296 g/mol. The zero-order valence-electron chi connectivity index (χ0n) is 12.1. The van der Waals surface area contributed by atoms with Crippen LogP contribution in [0.5, 0.6) is 0 Å². The highest BCUT2D eigenvalue weighted by Gasteiger charge is 2.10. The van der Waals surface area contributed by atoms with E-state index in [9.17, 15) is 14.0 Å². The predicted molar refractivity (Wildman–Crippen MR) is 77.5 cm³/mol. The van der Waals surface area contributed by atoms with Crippen molar-refractivity contribution in [2.45, 2.75) is 19.8 Å². The third kappa shape index (κ3) is 7.41. The number of hydrogen-bond donors (Lipinski definition) is 2. The normalized spacial score (nSPS) is 10.6. The van der Waals surface area contributed by atoms with Gasteiger partial charge in [-0.15, -0.1) is 0 Å². The molecule has 0 fully saturated rings. The molecule has 0 aliphatic carbocycles. The number of carboxylic acid groups (broad SMARTS) is 1. The van der Waals surface area contributed by atoms with Gasteiger partial charge in [-0.2, -0.15) is 0 Å². The van der Waals surface area contributed by atoms with Gasteiger partial charge in [0.25, 0.3) is 0 Å². The van der Waals surface area contributed by atoms with E-state index >= 15 is 0 Å². The highest BCUT2D eigenvalue weighted by Crippen LogP contribution is 2.02. The number of nitrogens with one attached hydrogen (secondary N) is 1. The van der Waals surface area contributed by atoms with Crippen molar-refractivity contribution >= 4 is 11.9 Å². The van der Waals surface area contributed by atoms with E-state index in [1.54, 1.807) is 17.0 Å². The van der Waals surface area contributed by atoms with Crippen molar-refractivity contribution in [1.29, 1.82) is 0 Å². The number of nitrogens with zero attached hydrogens (tertiary/aromatic N) is 1. The molecule has 0 saturated heterocycles. The first-order valence-electron chi connectivity index (χ1n) is 6.96. The van der Waals surface area contributed by atoms with Crippen LogP contribution in [0, 0.1) is 5.82 Å². The monoisotopic (exact) mass is 296 g/mol. The summed E-state index contributed by atoms with van der Waals surface area (Å²) >= 11 is 0. The van der Waals surface area contributed by atoms with Gasteiger partial charge >= 0.3 is 5.97 Å². The zero-order chi connectivity index (χ0) is 15.7. The molecule has 6 heteroatoms. The molecule has 0 spiro atoms. The van der Waals surface area contributed by atoms with E-state index in [0.29, 0.717) is 26.1 Å². The number of hydrogen-bond acceptors (Lipinski definition) is 3. The van der Waals surface area contributed by atoms with Crippen LogP contribution >= 0.6 is 0 Å². The van der Waals surface area contributed by atoms with Crippen molar-refractivity contribution < 1.29 is 19.1 Å². The topological polar surface area (TPSA) is 69.6 Å². The molecule has 0 unspecified atom stereocenters. The van der Waals surface area contributed by atoms with Crippen molar-refractivity contribution in [2.75, 3.05) is 26.2 Å². The molecule has 0 radical (unpaired) electrons. The maximum atomic E-state index is 12.7. The van der Waals surface area contributed by atoms with Gasteiger partial charge in [-0.3, -0.25) is 14.5 Å². The van der Waals surface area contributed by atoms with Crippen molar-refractivity contribution in [2.24, 2.45) is 0 Å². The van der Waals surface area contributed by atoms with E-state index in [2.05, 4.69) is 5.32 Å². The van der Waals surface area contributed by atoms with Gasteiger partial charge < -0.3 is 10.4 Å². The molecule has 1 amide bonds. The van der Waals surface area contributed by atoms with E-state index in [4.69, 9.17) is 5.11 Å². The van der Waals surface area contributed by atoms with E-state index in [0.717, 1.165) is 5.56 Å². The minimum atomic E-state index is -0.870. The third-order valence-electron chi connectivity index (χ3n) is 3.11. The van der Waals surface area contributed by atoms with Crippen LogP contribution in [0.3, 0.4) is 0 Å². The van der Waals surface area contributed by atoms with Gasteiger partial charge in [-0.25, -0.2) is 4.39 Å². The Morgan fingerprint density at radius 2 is 1.95 bits per heavy atom. The summed E-state index contributed by atoms with van der Waals surface area (Å²) in [6, 6.07) is 6.16. The molecule has 0 aliphatic rings. The lowest BCUT2D eigenvalue weighted by molar-refractivity contribution is -0.137.